The summed E-state index contributed by atoms with van der Waals surface area (Å²) >= 11 is 6.91. The van der Waals surface area contributed by atoms with Crippen LogP contribution in [0.2, 0.25) is 0 Å². The van der Waals surface area contributed by atoms with Crippen molar-refractivity contribution in [2.75, 3.05) is 5.32 Å². The van der Waals surface area contributed by atoms with Gasteiger partial charge < -0.3 is 5.32 Å². The lowest BCUT2D eigenvalue weighted by Crippen LogP contribution is -2.20. The van der Waals surface area contributed by atoms with Gasteiger partial charge in [0.1, 0.15) is 12.4 Å². The molecule has 0 aliphatic heterocycles. The number of benzene rings is 2. The number of carbonyl (C=O) groups excluding carboxylic acids is 1. The van der Waals surface area contributed by atoms with Gasteiger partial charge in [0.2, 0.25) is 5.91 Å². The van der Waals surface area contributed by atoms with Crippen molar-refractivity contribution in [1.82, 2.24) is 24.5 Å². The molecule has 0 fully saturated rings. The SMILES string of the molecule is Cc1nn(CC(=O)Nc2nn(Cc3ccc(Br)cc3)cc2Br)c2nccc(-c3ccc(F)cc3)c12. The molecule has 0 spiro atoms. The smallest absolute Gasteiger partial charge is 0.247 e. The summed E-state index contributed by atoms with van der Waals surface area (Å²) < 4.78 is 18.4. The van der Waals surface area contributed by atoms with Gasteiger partial charge in [-0.25, -0.2) is 14.1 Å². The molecule has 1 N–H and O–H groups in total. The molecule has 0 bridgehead atoms. The molecule has 3 heterocycles. The van der Waals surface area contributed by atoms with E-state index in [1.165, 1.54) is 12.1 Å². The van der Waals surface area contributed by atoms with Crippen LogP contribution in [-0.2, 0) is 17.9 Å². The van der Waals surface area contributed by atoms with Gasteiger partial charge in [-0.05, 0) is 69.9 Å². The van der Waals surface area contributed by atoms with E-state index in [4.69, 9.17) is 0 Å². The maximum Gasteiger partial charge on any atom is 0.247 e. The minimum absolute atomic E-state index is 0.0315. The summed E-state index contributed by atoms with van der Waals surface area (Å²) in [4.78, 5) is 17.3. The van der Waals surface area contributed by atoms with Crippen LogP contribution in [0.15, 0.2) is 75.9 Å². The normalized spacial score (nSPS) is 11.2. The highest BCUT2D eigenvalue weighted by Gasteiger charge is 2.17. The van der Waals surface area contributed by atoms with Crippen molar-refractivity contribution in [3.8, 4) is 11.1 Å². The highest BCUT2D eigenvalue weighted by molar-refractivity contribution is 9.10. The second-order valence-corrected chi connectivity index (χ2v) is 9.77. The van der Waals surface area contributed by atoms with Gasteiger partial charge in [0, 0.05) is 22.3 Å². The Morgan fingerprint density at radius 3 is 2.51 bits per heavy atom. The minimum atomic E-state index is -0.298. The van der Waals surface area contributed by atoms with Gasteiger partial charge >= 0.3 is 0 Å². The molecule has 0 atom stereocenters. The molecule has 0 aliphatic carbocycles. The molecule has 0 aliphatic rings. The van der Waals surface area contributed by atoms with E-state index < -0.39 is 0 Å². The molecule has 0 radical (unpaired) electrons. The van der Waals surface area contributed by atoms with Crippen LogP contribution in [0.5, 0.6) is 0 Å². The van der Waals surface area contributed by atoms with Crippen molar-refractivity contribution in [3.05, 3.63) is 93.0 Å². The van der Waals surface area contributed by atoms with E-state index in [-0.39, 0.29) is 18.3 Å². The maximum atomic E-state index is 13.4. The summed E-state index contributed by atoms with van der Waals surface area (Å²) in [6, 6.07) is 16.1. The summed E-state index contributed by atoms with van der Waals surface area (Å²) in [5, 5.41) is 12.7. The van der Waals surface area contributed by atoms with Crippen molar-refractivity contribution in [3.63, 3.8) is 0 Å². The fraction of sp³-hybridized carbons (Fsp3) is 0.120. The number of anilines is 1. The predicted molar refractivity (Wildman–Crippen MR) is 139 cm³/mol. The monoisotopic (exact) mass is 596 g/mol. The second-order valence-electron chi connectivity index (χ2n) is 8.00. The molecule has 35 heavy (non-hydrogen) atoms. The first-order valence-corrected chi connectivity index (χ1v) is 12.3. The molecule has 2 aromatic carbocycles. The van der Waals surface area contributed by atoms with Crippen molar-refractivity contribution >= 4 is 54.6 Å². The molecule has 5 rings (SSSR count). The van der Waals surface area contributed by atoms with E-state index in [9.17, 15) is 9.18 Å². The van der Waals surface area contributed by atoms with Crippen molar-refractivity contribution in [2.45, 2.75) is 20.0 Å². The molecular formula is C25H19Br2FN6O. The van der Waals surface area contributed by atoms with Crippen LogP contribution in [0.1, 0.15) is 11.3 Å². The molecular weight excluding hydrogens is 579 g/mol. The number of carbonyl (C=O) groups is 1. The van der Waals surface area contributed by atoms with E-state index in [0.29, 0.717) is 22.5 Å². The Hall–Kier alpha value is -3.37. The summed E-state index contributed by atoms with van der Waals surface area (Å²) in [6.07, 6.45) is 3.48. The lowest BCUT2D eigenvalue weighted by Gasteiger charge is -2.06. The molecule has 5 aromatic rings. The molecule has 0 saturated heterocycles. The third kappa shape index (κ3) is 5.03. The Kier molecular flexibility index (Phi) is 6.48. The Balaban J connectivity index is 1.35. The van der Waals surface area contributed by atoms with Crippen molar-refractivity contribution < 1.29 is 9.18 Å². The summed E-state index contributed by atoms with van der Waals surface area (Å²) in [7, 11) is 0. The number of hydrogen-bond donors (Lipinski definition) is 1. The second kappa shape index (κ2) is 9.71. The zero-order valence-corrected chi connectivity index (χ0v) is 21.7. The van der Waals surface area contributed by atoms with Crippen LogP contribution in [0, 0.1) is 12.7 Å². The molecule has 10 heteroatoms. The van der Waals surface area contributed by atoms with Crippen LogP contribution in [0.25, 0.3) is 22.2 Å². The first-order chi connectivity index (χ1) is 16.9. The van der Waals surface area contributed by atoms with E-state index >= 15 is 0 Å². The van der Waals surface area contributed by atoms with Gasteiger partial charge in [-0.3, -0.25) is 9.48 Å². The van der Waals surface area contributed by atoms with Gasteiger partial charge in [0.05, 0.1) is 16.7 Å². The topological polar surface area (TPSA) is 77.6 Å². The lowest BCUT2D eigenvalue weighted by molar-refractivity contribution is -0.116. The number of amides is 1. The Bertz CT molecular complexity index is 1530. The average molecular weight is 598 g/mol. The molecule has 3 aromatic heterocycles. The van der Waals surface area contributed by atoms with Gasteiger partial charge in [-0.2, -0.15) is 10.2 Å². The predicted octanol–water partition coefficient (Wildman–Crippen LogP) is 5.95. The Morgan fingerprint density at radius 2 is 1.77 bits per heavy atom. The van der Waals surface area contributed by atoms with E-state index in [2.05, 4.69) is 52.4 Å². The van der Waals surface area contributed by atoms with Gasteiger partial charge in [-0.15, -0.1) is 0 Å². The van der Waals surface area contributed by atoms with Crippen LogP contribution in [0.4, 0.5) is 10.2 Å². The molecule has 176 valence electrons. The van der Waals surface area contributed by atoms with Crippen LogP contribution in [0.3, 0.4) is 0 Å². The standard InChI is InChI=1S/C25H19Br2FN6O/c1-15-23-20(17-4-8-19(28)9-5-17)10-11-29-25(23)34(31-15)14-22(35)30-24-21(27)13-33(32-24)12-16-2-6-18(26)7-3-16/h2-11,13H,12,14H2,1H3,(H,30,32,35). The third-order valence-electron chi connectivity index (χ3n) is 5.49. The highest BCUT2D eigenvalue weighted by atomic mass is 79.9. The number of rotatable bonds is 6. The summed E-state index contributed by atoms with van der Waals surface area (Å²) in [6.45, 7) is 2.41. The lowest BCUT2D eigenvalue weighted by atomic mass is 10.0. The molecule has 1 amide bonds. The van der Waals surface area contributed by atoms with E-state index in [0.717, 1.165) is 32.2 Å². The van der Waals surface area contributed by atoms with E-state index in [1.807, 2.05) is 43.5 Å². The minimum Gasteiger partial charge on any atom is -0.307 e. The number of nitrogens with one attached hydrogen (secondary N) is 1. The third-order valence-corrected chi connectivity index (χ3v) is 6.60. The number of halogens is 3. The number of aromatic nitrogens is 5. The van der Waals surface area contributed by atoms with Gasteiger partial charge in [-0.1, -0.05) is 40.2 Å². The number of aryl methyl sites for hydroxylation is 1. The Morgan fingerprint density at radius 1 is 1.03 bits per heavy atom. The zero-order chi connectivity index (χ0) is 24.5. The number of pyridine rings is 1. The van der Waals surface area contributed by atoms with Gasteiger partial charge in [0.25, 0.3) is 0 Å². The summed E-state index contributed by atoms with van der Waals surface area (Å²) in [5.41, 5.74) is 4.14. The first kappa shape index (κ1) is 23.4. The number of nitrogens with zero attached hydrogens (tertiary/aromatic N) is 5. The van der Waals surface area contributed by atoms with Crippen molar-refractivity contribution in [2.24, 2.45) is 0 Å². The van der Waals surface area contributed by atoms with E-state index in [1.54, 1.807) is 27.7 Å². The first-order valence-electron chi connectivity index (χ1n) is 10.7. The molecule has 7 nitrogen and oxygen atoms in total. The van der Waals surface area contributed by atoms with Crippen LogP contribution >= 0.6 is 31.9 Å². The molecule has 0 saturated carbocycles. The number of hydrogen-bond acceptors (Lipinski definition) is 4. The number of fused-ring (bicyclic) bond motifs is 1. The fourth-order valence-electron chi connectivity index (χ4n) is 3.91. The van der Waals surface area contributed by atoms with Crippen LogP contribution < -0.4 is 5.32 Å². The average Bonchev–Trinajstić information content (AvgIpc) is 3.34. The highest BCUT2D eigenvalue weighted by Crippen LogP contribution is 2.30. The largest absolute Gasteiger partial charge is 0.307 e. The Labute approximate surface area is 217 Å². The van der Waals surface area contributed by atoms with Crippen molar-refractivity contribution in [1.29, 1.82) is 0 Å². The fourth-order valence-corrected chi connectivity index (χ4v) is 4.59. The van der Waals surface area contributed by atoms with Crippen LogP contribution in [-0.4, -0.2) is 30.5 Å². The quantitative estimate of drug-likeness (QED) is 0.262. The summed E-state index contributed by atoms with van der Waals surface area (Å²) in [5.74, 6) is -0.146. The maximum absolute atomic E-state index is 13.4. The zero-order valence-electron chi connectivity index (χ0n) is 18.5. The van der Waals surface area contributed by atoms with Gasteiger partial charge in [0.15, 0.2) is 11.5 Å². The molecule has 0 unspecified atom stereocenters.